The predicted octanol–water partition coefficient (Wildman–Crippen LogP) is 3.14. The third-order valence-electron chi connectivity index (χ3n) is 2.94. The molecular weight excluding hydrogens is 304 g/mol. The summed E-state index contributed by atoms with van der Waals surface area (Å²) in [5, 5.41) is 7.85. The number of aromatic nitrogens is 3. The van der Waals surface area contributed by atoms with E-state index >= 15 is 0 Å². The van der Waals surface area contributed by atoms with E-state index in [9.17, 15) is 0 Å². The van der Waals surface area contributed by atoms with Crippen LogP contribution in [-0.2, 0) is 6.54 Å². The Labute approximate surface area is 122 Å². The van der Waals surface area contributed by atoms with E-state index in [2.05, 4.69) is 51.2 Å². The van der Waals surface area contributed by atoms with Gasteiger partial charge in [0.25, 0.3) is 0 Å². The second-order valence-corrected chi connectivity index (χ2v) is 5.75. The van der Waals surface area contributed by atoms with Gasteiger partial charge in [-0.05, 0) is 41.4 Å². The van der Waals surface area contributed by atoms with Gasteiger partial charge in [-0.2, -0.15) is 5.10 Å². The molecule has 5 heteroatoms. The van der Waals surface area contributed by atoms with Gasteiger partial charge >= 0.3 is 0 Å². The van der Waals surface area contributed by atoms with E-state index in [-0.39, 0.29) is 0 Å². The van der Waals surface area contributed by atoms with Gasteiger partial charge in [-0.15, -0.1) is 0 Å². The minimum absolute atomic E-state index is 0.478. The van der Waals surface area contributed by atoms with Crippen molar-refractivity contribution in [2.24, 2.45) is 0 Å². The van der Waals surface area contributed by atoms with Crippen LogP contribution in [0, 0.1) is 13.8 Å². The lowest BCUT2D eigenvalue weighted by Crippen LogP contribution is -2.21. The summed E-state index contributed by atoms with van der Waals surface area (Å²) in [4.78, 5) is 4.48. The highest BCUT2D eigenvalue weighted by Crippen LogP contribution is 2.22. The maximum absolute atomic E-state index is 4.48. The van der Waals surface area contributed by atoms with Crippen LogP contribution in [0.1, 0.15) is 30.8 Å². The Kier molecular flexibility index (Phi) is 4.37. The predicted molar refractivity (Wildman–Crippen MR) is 80.5 cm³/mol. The molecular formula is C14H19BrN4. The molecule has 0 aromatic carbocycles. The van der Waals surface area contributed by atoms with E-state index in [4.69, 9.17) is 0 Å². The fourth-order valence-electron chi connectivity index (χ4n) is 1.82. The fraction of sp³-hybridized carbons (Fsp3) is 0.429. The summed E-state index contributed by atoms with van der Waals surface area (Å²) in [6, 6.07) is 4.57. The molecule has 4 nitrogen and oxygen atoms in total. The zero-order chi connectivity index (χ0) is 14.0. The van der Waals surface area contributed by atoms with Crippen molar-refractivity contribution in [1.82, 2.24) is 20.1 Å². The van der Waals surface area contributed by atoms with Crippen LogP contribution in [0.2, 0.25) is 0 Å². The molecule has 0 spiro atoms. The minimum atomic E-state index is 0.478. The maximum atomic E-state index is 4.48. The zero-order valence-corrected chi connectivity index (χ0v) is 13.3. The lowest BCUT2D eigenvalue weighted by atomic mass is 10.2. The molecule has 0 aliphatic carbocycles. The molecule has 0 atom stereocenters. The van der Waals surface area contributed by atoms with Crippen LogP contribution >= 0.6 is 15.9 Å². The zero-order valence-electron chi connectivity index (χ0n) is 11.7. The third-order valence-corrected chi connectivity index (χ3v) is 4.09. The van der Waals surface area contributed by atoms with Gasteiger partial charge in [-0.1, -0.05) is 19.9 Å². The molecule has 2 heterocycles. The van der Waals surface area contributed by atoms with Gasteiger partial charge in [0.1, 0.15) is 0 Å². The molecule has 0 aliphatic heterocycles. The van der Waals surface area contributed by atoms with E-state index in [1.54, 1.807) is 0 Å². The monoisotopic (exact) mass is 322 g/mol. The number of nitrogens with zero attached hydrogens (tertiary/aromatic N) is 3. The lowest BCUT2D eigenvalue weighted by molar-refractivity contribution is 0.587. The quantitative estimate of drug-likeness (QED) is 0.940. The summed E-state index contributed by atoms with van der Waals surface area (Å²) in [6.07, 6.45) is 1.90. The van der Waals surface area contributed by atoms with Gasteiger partial charge in [0, 0.05) is 18.8 Å². The Hall–Kier alpha value is -1.20. The number of rotatable bonds is 4. The number of pyridine rings is 1. The fourth-order valence-corrected chi connectivity index (χ4v) is 2.06. The van der Waals surface area contributed by atoms with Crippen molar-refractivity contribution in [2.45, 2.75) is 40.3 Å². The van der Waals surface area contributed by atoms with Crippen molar-refractivity contribution in [3.05, 3.63) is 39.8 Å². The number of hydrogen-bond acceptors (Lipinski definition) is 3. The summed E-state index contributed by atoms with van der Waals surface area (Å²) in [5.74, 6) is 0.847. The first kappa shape index (κ1) is 14.2. The van der Waals surface area contributed by atoms with Gasteiger partial charge in [0.2, 0.25) is 0 Å². The molecule has 1 N–H and O–H groups in total. The highest BCUT2D eigenvalue weighted by Gasteiger charge is 2.10. The van der Waals surface area contributed by atoms with Crippen LogP contribution in [0.5, 0.6) is 0 Å². The van der Waals surface area contributed by atoms with E-state index in [0.29, 0.717) is 6.04 Å². The molecule has 2 rings (SSSR count). The van der Waals surface area contributed by atoms with Gasteiger partial charge in [0.15, 0.2) is 5.82 Å². The Balaban J connectivity index is 2.20. The first-order chi connectivity index (χ1) is 8.99. The van der Waals surface area contributed by atoms with Crippen LogP contribution in [0.3, 0.4) is 0 Å². The highest BCUT2D eigenvalue weighted by molar-refractivity contribution is 9.10. The van der Waals surface area contributed by atoms with Gasteiger partial charge in [-0.25, -0.2) is 9.67 Å². The normalized spacial score (nSPS) is 11.3. The summed E-state index contributed by atoms with van der Waals surface area (Å²) in [6.45, 7) is 9.12. The topological polar surface area (TPSA) is 42.7 Å². The van der Waals surface area contributed by atoms with Crippen LogP contribution in [0.4, 0.5) is 0 Å². The van der Waals surface area contributed by atoms with E-state index in [1.165, 1.54) is 5.56 Å². The molecule has 0 aliphatic rings. The minimum Gasteiger partial charge on any atom is -0.310 e. The van der Waals surface area contributed by atoms with Crippen LogP contribution in [0.25, 0.3) is 5.82 Å². The summed E-state index contributed by atoms with van der Waals surface area (Å²) >= 11 is 3.53. The Bertz CT molecular complexity index is 558. The van der Waals surface area contributed by atoms with E-state index < -0.39 is 0 Å². The van der Waals surface area contributed by atoms with Crippen molar-refractivity contribution >= 4 is 15.9 Å². The highest BCUT2D eigenvalue weighted by atomic mass is 79.9. The van der Waals surface area contributed by atoms with E-state index in [1.807, 2.05) is 30.8 Å². The van der Waals surface area contributed by atoms with Gasteiger partial charge < -0.3 is 5.32 Å². The average molecular weight is 323 g/mol. The first-order valence-corrected chi connectivity index (χ1v) is 7.18. The Morgan fingerprint density at radius 3 is 2.53 bits per heavy atom. The molecule has 2 aromatic heterocycles. The standard InChI is InChI=1S/C14H19BrN4/c1-9(2)16-7-12-5-6-13(17-8-12)19-11(4)14(15)10(3)18-19/h5-6,8-9,16H,7H2,1-4H3. The molecule has 2 aromatic rings. The van der Waals surface area contributed by atoms with Crippen molar-refractivity contribution in [3.63, 3.8) is 0 Å². The second kappa shape index (κ2) is 5.84. The van der Waals surface area contributed by atoms with Crippen molar-refractivity contribution in [2.75, 3.05) is 0 Å². The van der Waals surface area contributed by atoms with Crippen molar-refractivity contribution in [3.8, 4) is 5.82 Å². The molecule has 102 valence electrons. The smallest absolute Gasteiger partial charge is 0.153 e. The Morgan fingerprint density at radius 2 is 2.05 bits per heavy atom. The molecule has 0 amide bonds. The molecule has 0 unspecified atom stereocenters. The molecule has 0 saturated heterocycles. The number of halogens is 1. The first-order valence-electron chi connectivity index (χ1n) is 6.39. The molecule has 0 radical (unpaired) electrons. The van der Waals surface area contributed by atoms with Crippen LogP contribution < -0.4 is 5.32 Å². The molecule has 0 fully saturated rings. The summed E-state index contributed by atoms with van der Waals surface area (Å²) in [5.41, 5.74) is 3.22. The molecule has 19 heavy (non-hydrogen) atoms. The summed E-state index contributed by atoms with van der Waals surface area (Å²) in [7, 11) is 0. The van der Waals surface area contributed by atoms with Crippen LogP contribution in [-0.4, -0.2) is 20.8 Å². The number of aryl methyl sites for hydroxylation is 1. The van der Waals surface area contributed by atoms with E-state index in [0.717, 1.165) is 28.2 Å². The van der Waals surface area contributed by atoms with Crippen molar-refractivity contribution in [1.29, 1.82) is 0 Å². The Morgan fingerprint density at radius 1 is 1.32 bits per heavy atom. The third kappa shape index (κ3) is 3.22. The maximum Gasteiger partial charge on any atom is 0.153 e. The number of nitrogens with one attached hydrogen (secondary N) is 1. The number of hydrogen-bond donors (Lipinski definition) is 1. The van der Waals surface area contributed by atoms with Crippen LogP contribution in [0.15, 0.2) is 22.8 Å². The van der Waals surface area contributed by atoms with Gasteiger partial charge in [-0.3, -0.25) is 0 Å². The average Bonchev–Trinajstić information content (AvgIpc) is 2.65. The lowest BCUT2D eigenvalue weighted by Gasteiger charge is -2.08. The largest absolute Gasteiger partial charge is 0.310 e. The molecule has 0 bridgehead atoms. The second-order valence-electron chi connectivity index (χ2n) is 4.96. The van der Waals surface area contributed by atoms with Crippen molar-refractivity contribution < 1.29 is 0 Å². The summed E-state index contributed by atoms with van der Waals surface area (Å²) < 4.78 is 2.90. The van der Waals surface area contributed by atoms with Gasteiger partial charge in [0.05, 0.1) is 15.9 Å². The SMILES string of the molecule is Cc1nn(-c2ccc(CNC(C)C)cn2)c(C)c1Br. The molecule has 0 saturated carbocycles.